The van der Waals surface area contributed by atoms with Crippen molar-refractivity contribution >= 4 is 12.0 Å². The summed E-state index contributed by atoms with van der Waals surface area (Å²) in [6.07, 6.45) is -1.50. The van der Waals surface area contributed by atoms with E-state index < -0.39 is 24.1 Å². The second kappa shape index (κ2) is 8.81. The fourth-order valence-electron chi connectivity index (χ4n) is 2.21. The van der Waals surface area contributed by atoms with E-state index in [1.165, 1.54) is 7.11 Å². The number of hydrogen-bond acceptors (Lipinski definition) is 5. The first-order valence-electron chi connectivity index (χ1n) is 7.46. The largest absolute Gasteiger partial charge is 0.444 e. The van der Waals surface area contributed by atoms with Crippen molar-refractivity contribution in [3.05, 3.63) is 71.8 Å². The van der Waals surface area contributed by atoms with E-state index in [9.17, 15) is 9.59 Å². The number of benzene rings is 2. The van der Waals surface area contributed by atoms with Crippen LogP contribution in [-0.4, -0.2) is 25.2 Å². The van der Waals surface area contributed by atoms with Crippen LogP contribution in [0.5, 0.6) is 0 Å². The zero-order valence-electron chi connectivity index (χ0n) is 13.3. The lowest BCUT2D eigenvalue weighted by molar-refractivity contribution is -0.124. The molecule has 3 N–H and O–H groups in total. The number of amides is 2. The maximum absolute atomic E-state index is 12.1. The zero-order valence-corrected chi connectivity index (χ0v) is 13.3. The third-order valence-electron chi connectivity index (χ3n) is 3.45. The van der Waals surface area contributed by atoms with E-state index >= 15 is 0 Å². The van der Waals surface area contributed by atoms with Gasteiger partial charge in [0.25, 0.3) is 0 Å². The van der Waals surface area contributed by atoms with Crippen LogP contribution in [0, 0.1) is 0 Å². The van der Waals surface area contributed by atoms with Crippen LogP contribution in [0.15, 0.2) is 60.7 Å². The molecular formula is C18H20N2O4. The minimum absolute atomic E-state index is 0.0710. The summed E-state index contributed by atoms with van der Waals surface area (Å²) < 4.78 is 10.3. The van der Waals surface area contributed by atoms with Gasteiger partial charge in [0, 0.05) is 7.11 Å². The molecule has 0 spiro atoms. The number of nitrogens with two attached hydrogens (primary N) is 1. The molecule has 0 aromatic heterocycles. The number of imide groups is 1. The Hall–Kier alpha value is -2.70. The van der Waals surface area contributed by atoms with Crippen molar-refractivity contribution in [2.45, 2.75) is 18.8 Å². The van der Waals surface area contributed by atoms with Gasteiger partial charge in [0.1, 0.15) is 18.8 Å². The van der Waals surface area contributed by atoms with Crippen LogP contribution in [-0.2, 0) is 20.9 Å². The normalized spacial score (nSPS) is 12.9. The van der Waals surface area contributed by atoms with Crippen molar-refractivity contribution in [2.75, 3.05) is 7.11 Å². The van der Waals surface area contributed by atoms with Gasteiger partial charge >= 0.3 is 6.09 Å². The molecule has 0 saturated carbocycles. The molecule has 2 atom stereocenters. The van der Waals surface area contributed by atoms with E-state index in [1.54, 1.807) is 12.1 Å². The van der Waals surface area contributed by atoms with Gasteiger partial charge in [0.2, 0.25) is 5.91 Å². The van der Waals surface area contributed by atoms with Gasteiger partial charge in [0.15, 0.2) is 0 Å². The Morgan fingerprint density at radius 1 is 1.04 bits per heavy atom. The highest BCUT2D eigenvalue weighted by Gasteiger charge is 2.27. The Bertz CT molecular complexity index is 661. The highest BCUT2D eigenvalue weighted by atomic mass is 16.5. The molecule has 2 aromatic carbocycles. The molecule has 6 heteroatoms. The maximum Gasteiger partial charge on any atom is 0.414 e. The fourth-order valence-corrected chi connectivity index (χ4v) is 2.21. The summed E-state index contributed by atoms with van der Waals surface area (Å²) in [6.45, 7) is 0.0710. The van der Waals surface area contributed by atoms with E-state index in [4.69, 9.17) is 15.2 Å². The summed E-state index contributed by atoms with van der Waals surface area (Å²) in [5.74, 6) is -0.663. The van der Waals surface area contributed by atoms with E-state index in [2.05, 4.69) is 5.32 Å². The summed E-state index contributed by atoms with van der Waals surface area (Å²) >= 11 is 0. The van der Waals surface area contributed by atoms with Gasteiger partial charge in [0.05, 0.1) is 0 Å². The van der Waals surface area contributed by atoms with Crippen molar-refractivity contribution in [3.8, 4) is 0 Å². The first-order chi connectivity index (χ1) is 11.6. The van der Waals surface area contributed by atoms with Gasteiger partial charge in [-0.2, -0.15) is 0 Å². The third kappa shape index (κ3) is 4.91. The lowest BCUT2D eigenvalue weighted by atomic mass is 10.0. The van der Waals surface area contributed by atoms with E-state index in [0.717, 1.165) is 11.1 Å². The number of carbonyl (C=O) groups is 2. The highest BCUT2D eigenvalue weighted by molar-refractivity contribution is 5.95. The molecule has 0 radical (unpaired) electrons. The molecule has 0 heterocycles. The number of methoxy groups -OCH3 is 1. The average molecular weight is 328 g/mol. The van der Waals surface area contributed by atoms with Crippen molar-refractivity contribution < 1.29 is 19.1 Å². The lowest BCUT2D eigenvalue weighted by Crippen LogP contribution is -2.47. The maximum atomic E-state index is 12.1. The zero-order chi connectivity index (χ0) is 17.4. The second-order valence-corrected chi connectivity index (χ2v) is 5.14. The molecule has 2 amide bonds. The quantitative estimate of drug-likeness (QED) is 0.848. The smallest absolute Gasteiger partial charge is 0.414 e. The lowest BCUT2D eigenvalue weighted by Gasteiger charge is -2.21. The van der Waals surface area contributed by atoms with Gasteiger partial charge < -0.3 is 15.2 Å². The summed E-state index contributed by atoms with van der Waals surface area (Å²) in [4.78, 5) is 23.8. The van der Waals surface area contributed by atoms with E-state index in [1.807, 2.05) is 48.5 Å². The summed E-state index contributed by atoms with van der Waals surface area (Å²) in [7, 11) is 1.46. The van der Waals surface area contributed by atoms with Crippen molar-refractivity contribution in [3.63, 3.8) is 0 Å². The van der Waals surface area contributed by atoms with Gasteiger partial charge in [-0.15, -0.1) is 0 Å². The van der Waals surface area contributed by atoms with Crippen LogP contribution >= 0.6 is 0 Å². The van der Waals surface area contributed by atoms with Crippen molar-refractivity contribution in [1.29, 1.82) is 0 Å². The van der Waals surface area contributed by atoms with Crippen LogP contribution < -0.4 is 11.1 Å². The second-order valence-electron chi connectivity index (χ2n) is 5.14. The van der Waals surface area contributed by atoms with Crippen molar-refractivity contribution in [2.24, 2.45) is 5.73 Å². The topological polar surface area (TPSA) is 90.6 Å². The molecule has 0 aliphatic rings. The third-order valence-corrected chi connectivity index (χ3v) is 3.45. The number of carbonyl (C=O) groups excluding carboxylic acids is 2. The van der Waals surface area contributed by atoms with Gasteiger partial charge in [-0.05, 0) is 11.1 Å². The SMILES string of the molecule is COC(c1ccccc1)C(N)C(=O)NC(=O)OCc1ccccc1. The Balaban J connectivity index is 1.89. The molecule has 24 heavy (non-hydrogen) atoms. The van der Waals surface area contributed by atoms with E-state index in [-0.39, 0.29) is 6.61 Å². The predicted molar refractivity (Wildman–Crippen MR) is 88.9 cm³/mol. The Morgan fingerprint density at radius 3 is 2.21 bits per heavy atom. The van der Waals surface area contributed by atoms with Crippen LogP contribution in [0.4, 0.5) is 4.79 Å². The average Bonchev–Trinajstić information content (AvgIpc) is 2.62. The number of rotatable bonds is 6. The minimum atomic E-state index is -1.04. The van der Waals surface area contributed by atoms with E-state index in [0.29, 0.717) is 0 Å². The highest BCUT2D eigenvalue weighted by Crippen LogP contribution is 2.19. The molecule has 2 unspecified atom stereocenters. The molecule has 0 fully saturated rings. The number of hydrogen-bond donors (Lipinski definition) is 2. The van der Waals surface area contributed by atoms with Crippen LogP contribution in [0.1, 0.15) is 17.2 Å². The van der Waals surface area contributed by atoms with Gasteiger partial charge in [-0.25, -0.2) is 4.79 Å². The Labute approximate surface area is 140 Å². The van der Waals surface area contributed by atoms with Crippen LogP contribution in [0.3, 0.4) is 0 Å². The number of nitrogens with one attached hydrogen (secondary N) is 1. The standard InChI is InChI=1S/C18H20N2O4/c1-23-16(14-10-6-3-7-11-14)15(19)17(21)20-18(22)24-12-13-8-4-2-5-9-13/h2-11,15-16H,12,19H2,1H3,(H,20,21,22). The Morgan fingerprint density at radius 2 is 1.62 bits per heavy atom. The molecule has 0 aliphatic heterocycles. The molecule has 2 aromatic rings. The molecule has 6 nitrogen and oxygen atoms in total. The van der Waals surface area contributed by atoms with Crippen molar-refractivity contribution in [1.82, 2.24) is 5.32 Å². The van der Waals surface area contributed by atoms with Gasteiger partial charge in [-0.3, -0.25) is 10.1 Å². The summed E-state index contributed by atoms with van der Waals surface area (Å²) in [5.41, 5.74) is 7.49. The molecule has 0 saturated heterocycles. The predicted octanol–water partition coefficient (Wildman–Crippen LogP) is 2.15. The first kappa shape index (κ1) is 17.7. The molecule has 2 rings (SSSR count). The summed E-state index contributed by atoms with van der Waals surface area (Å²) in [6, 6.07) is 17.2. The Kier molecular flexibility index (Phi) is 6.48. The minimum Gasteiger partial charge on any atom is -0.444 e. The van der Waals surface area contributed by atoms with Crippen LogP contribution in [0.25, 0.3) is 0 Å². The fraction of sp³-hybridized carbons (Fsp3) is 0.222. The first-order valence-corrected chi connectivity index (χ1v) is 7.46. The number of alkyl carbamates (subject to hydrolysis) is 1. The molecular weight excluding hydrogens is 308 g/mol. The van der Waals surface area contributed by atoms with Crippen LogP contribution in [0.2, 0.25) is 0 Å². The number of ether oxygens (including phenoxy) is 2. The molecule has 126 valence electrons. The monoisotopic (exact) mass is 328 g/mol. The summed E-state index contributed by atoms with van der Waals surface area (Å²) in [5, 5.41) is 2.13. The molecule has 0 aliphatic carbocycles. The molecule has 0 bridgehead atoms. The van der Waals surface area contributed by atoms with Gasteiger partial charge in [-0.1, -0.05) is 60.7 Å².